The number of sulfonamides is 1. The van der Waals surface area contributed by atoms with Crippen LogP contribution in [0.5, 0.6) is 11.5 Å². The summed E-state index contributed by atoms with van der Waals surface area (Å²) in [5, 5.41) is 0. The standard InChI is InChI=1S/C15H21NO4S/c1-11(2)10-16(12-3-4-12)21(17,18)13-5-6-14-15(9-13)20-8-7-19-14/h5-6,9,11-12H,3-4,7-8,10H2,1-2H3. The van der Waals surface area contributed by atoms with Crippen molar-refractivity contribution >= 4 is 10.0 Å². The highest BCUT2D eigenvalue weighted by Gasteiger charge is 2.38. The summed E-state index contributed by atoms with van der Waals surface area (Å²) in [6.07, 6.45) is 1.91. The van der Waals surface area contributed by atoms with Gasteiger partial charge in [0.1, 0.15) is 13.2 Å². The van der Waals surface area contributed by atoms with E-state index >= 15 is 0 Å². The Morgan fingerprint density at radius 1 is 1.19 bits per heavy atom. The van der Waals surface area contributed by atoms with Crippen LogP contribution in [0, 0.1) is 5.92 Å². The minimum absolute atomic E-state index is 0.158. The number of nitrogens with zero attached hydrogens (tertiary/aromatic N) is 1. The molecule has 0 saturated heterocycles. The molecule has 0 spiro atoms. The number of ether oxygens (including phenoxy) is 2. The summed E-state index contributed by atoms with van der Waals surface area (Å²) in [4.78, 5) is 0.291. The van der Waals surface area contributed by atoms with Crippen molar-refractivity contribution in [1.29, 1.82) is 0 Å². The Kier molecular flexibility index (Phi) is 3.84. The van der Waals surface area contributed by atoms with Crippen molar-refractivity contribution in [1.82, 2.24) is 4.31 Å². The summed E-state index contributed by atoms with van der Waals surface area (Å²) in [5.41, 5.74) is 0. The zero-order chi connectivity index (χ0) is 15.0. The van der Waals surface area contributed by atoms with Crippen molar-refractivity contribution in [3.63, 3.8) is 0 Å². The molecule has 21 heavy (non-hydrogen) atoms. The molecule has 0 bridgehead atoms. The SMILES string of the molecule is CC(C)CN(C1CC1)S(=O)(=O)c1ccc2c(c1)OCCO2. The van der Waals surface area contributed by atoms with Gasteiger partial charge in [-0.25, -0.2) is 8.42 Å². The zero-order valence-corrected chi connectivity index (χ0v) is 13.2. The first-order valence-corrected chi connectivity index (χ1v) is 8.84. The quantitative estimate of drug-likeness (QED) is 0.837. The molecule has 2 aliphatic rings. The van der Waals surface area contributed by atoms with Gasteiger partial charge in [0.2, 0.25) is 10.0 Å². The van der Waals surface area contributed by atoms with Crippen LogP contribution in [0.25, 0.3) is 0 Å². The van der Waals surface area contributed by atoms with Crippen LogP contribution >= 0.6 is 0 Å². The number of rotatable bonds is 5. The van der Waals surface area contributed by atoms with Crippen LogP contribution in [-0.2, 0) is 10.0 Å². The molecule has 1 aromatic rings. The molecule has 0 atom stereocenters. The molecule has 1 heterocycles. The summed E-state index contributed by atoms with van der Waals surface area (Å²) in [7, 11) is -3.47. The van der Waals surface area contributed by atoms with E-state index in [1.165, 1.54) is 0 Å². The summed E-state index contributed by atoms with van der Waals surface area (Å²) in [6.45, 7) is 5.58. The lowest BCUT2D eigenvalue weighted by atomic mass is 10.2. The van der Waals surface area contributed by atoms with E-state index < -0.39 is 10.0 Å². The predicted molar refractivity (Wildman–Crippen MR) is 79.2 cm³/mol. The molecule has 1 aliphatic carbocycles. The third-order valence-corrected chi connectivity index (χ3v) is 5.53. The highest BCUT2D eigenvalue weighted by Crippen LogP contribution is 2.36. The monoisotopic (exact) mass is 311 g/mol. The molecule has 0 radical (unpaired) electrons. The Morgan fingerprint density at radius 2 is 1.86 bits per heavy atom. The van der Waals surface area contributed by atoms with E-state index in [9.17, 15) is 8.42 Å². The molecule has 1 saturated carbocycles. The molecular formula is C15H21NO4S. The minimum atomic E-state index is -3.47. The van der Waals surface area contributed by atoms with Crippen LogP contribution in [-0.4, -0.2) is 38.5 Å². The predicted octanol–water partition coefficient (Wildman–Crippen LogP) is 2.27. The molecule has 1 fully saturated rings. The van der Waals surface area contributed by atoms with Gasteiger partial charge >= 0.3 is 0 Å². The van der Waals surface area contributed by atoms with Crippen molar-refractivity contribution in [2.75, 3.05) is 19.8 Å². The molecule has 1 aromatic carbocycles. The lowest BCUT2D eigenvalue weighted by Gasteiger charge is -2.25. The van der Waals surface area contributed by atoms with Crippen molar-refractivity contribution in [3.8, 4) is 11.5 Å². The lowest BCUT2D eigenvalue weighted by molar-refractivity contribution is 0.171. The summed E-state index contributed by atoms with van der Waals surface area (Å²) in [5.74, 6) is 1.43. The van der Waals surface area contributed by atoms with Crippen LogP contribution in [0.2, 0.25) is 0 Å². The first-order chi connectivity index (χ1) is 9.98. The molecule has 0 aromatic heterocycles. The van der Waals surface area contributed by atoms with Gasteiger partial charge in [-0.2, -0.15) is 4.31 Å². The number of fused-ring (bicyclic) bond motifs is 1. The summed E-state index contributed by atoms with van der Waals surface area (Å²) >= 11 is 0. The Morgan fingerprint density at radius 3 is 2.48 bits per heavy atom. The van der Waals surface area contributed by atoms with Crippen molar-refractivity contribution < 1.29 is 17.9 Å². The van der Waals surface area contributed by atoms with Gasteiger partial charge < -0.3 is 9.47 Å². The number of hydrogen-bond acceptors (Lipinski definition) is 4. The second-order valence-corrected chi connectivity index (χ2v) is 7.90. The van der Waals surface area contributed by atoms with Gasteiger partial charge in [-0.15, -0.1) is 0 Å². The fraction of sp³-hybridized carbons (Fsp3) is 0.600. The molecule has 0 unspecified atom stereocenters. The smallest absolute Gasteiger partial charge is 0.243 e. The fourth-order valence-electron chi connectivity index (χ4n) is 2.49. The Labute approximate surface area is 125 Å². The average Bonchev–Trinajstić information content (AvgIpc) is 3.28. The third-order valence-electron chi connectivity index (χ3n) is 3.62. The first-order valence-electron chi connectivity index (χ1n) is 7.40. The molecule has 116 valence electrons. The molecular weight excluding hydrogens is 290 g/mol. The van der Waals surface area contributed by atoms with E-state index in [1.807, 2.05) is 13.8 Å². The van der Waals surface area contributed by atoms with E-state index in [2.05, 4.69) is 0 Å². The van der Waals surface area contributed by atoms with E-state index in [0.29, 0.717) is 42.1 Å². The lowest BCUT2D eigenvalue weighted by Crippen LogP contribution is -2.36. The van der Waals surface area contributed by atoms with Gasteiger partial charge in [0.05, 0.1) is 4.90 Å². The minimum Gasteiger partial charge on any atom is -0.486 e. The Bertz CT molecular complexity index is 623. The van der Waals surface area contributed by atoms with E-state index in [-0.39, 0.29) is 6.04 Å². The van der Waals surface area contributed by atoms with Crippen LogP contribution in [0.3, 0.4) is 0 Å². The van der Waals surface area contributed by atoms with Gasteiger partial charge in [-0.3, -0.25) is 0 Å². The maximum atomic E-state index is 12.9. The molecule has 1 aliphatic heterocycles. The molecule has 3 rings (SSSR count). The van der Waals surface area contributed by atoms with Crippen LogP contribution in [0.15, 0.2) is 23.1 Å². The second-order valence-electron chi connectivity index (χ2n) is 6.01. The normalized spacial score (nSPS) is 18.3. The summed E-state index contributed by atoms with van der Waals surface area (Å²) in [6, 6.07) is 5.03. The topological polar surface area (TPSA) is 55.8 Å². The van der Waals surface area contributed by atoms with Crippen molar-refractivity contribution in [3.05, 3.63) is 18.2 Å². The highest BCUT2D eigenvalue weighted by atomic mass is 32.2. The second kappa shape index (κ2) is 5.50. The van der Waals surface area contributed by atoms with Crippen LogP contribution < -0.4 is 9.47 Å². The van der Waals surface area contributed by atoms with Crippen molar-refractivity contribution in [2.45, 2.75) is 37.6 Å². The average molecular weight is 311 g/mol. The molecule has 5 nitrogen and oxygen atoms in total. The van der Waals surface area contributed by atoms with Crippen LogP contribution in [0.1, 0.15) is 26.7 Å². The third kappa shape index (κ3) is 3.01. The van der Waals surface area contributed by atoms with Gasteiger partial charge in [0, 0.05) is 18.7 Å². The van der Waals surface area contributed by atoms with Gasteiger partial charge in [-0.05, 0) is 30.9 Å². The van der Waals surface area contributed by atoms with Gasteiger partial charge in [-0.1, -0.05) is 13.8 Å². The number of benzene rings is 1. The van der Waals surface area contributed by atoms with E-state index in [4.69, 9.17) is 9.47 Å². The van der Waals surface area contributed by atoms with Crippen molar-refractivity contribution in [2.24, 2.45) is 5.92 Å². The zero-order valence-electron chi connectivity index (χ0n) is 12.4. The number of hydrogen-bond donors (Lipinski definition) is 0. The van der Waals surface area contributed by atoms with E-state index in [0.717, 1.165) is 12.8 Å². The maximum Gasteiger partial charge on any atom is 0.243 e. The highest BCUT2D eigenvalue weighted by molar-refractivity contribution is 7.89. The first kappa shape index (κ1) is 14.7. The largest absolute Gasteiger partial charge is 0.486 e. The van der Waals surface area contributed by atoms with Gasteiger partial charge in [0.25, 0.3) is 0 Å². The maximum absolute atomic E-state index is 12.9. The van der Waals surface area contributed by atoms with E-state index in [1.54, 1.807) is 22.5 Å². The Balaban J connectivity index is 1.93. The fourth-order valence-corrected chi connectivity index (χ4v) is 4.35. The molecule has 6 heteroatoms. The van der Waals surface area contributed by atoms with Crippen LogP contribution in [0.4, 0.5) is 0 Å². The molecule has 0 amide bonds. The van der Waals surface area contributed by atoms with Gasteiger partial charge in [0.15, 0.2) is 11.5 Å². The molecule has 0 N–H and O–H groups in total. The summed E-state index contributed by atoms with van der Waals surface area (Å²) < 4.78 is 38.3. The Hall–Kier alpha value is -1.27.